The molecule has 0 amide bonds. The van der Waals surface area contributed by atoms with Crippen molar-refractivity contribution in [2.45, 2.75) is 12.7 Å². The van der Waals surface area contributed by atoms with Gasteiger partial charge in [0.15, 0.2) is 5.65 Å². The molecule has 2 heterocycles. The highest BCUT2D eigenvalue weighted by Gasteiger charge is 2.37. The van der Waals surface area contributed by atoms with Crippen LogP contribution in [0.15, 0.2) is 30.3 Å². The highest BCUT2D eigenvalue weighted by Crippen LogP contribution is 2.27. The predicted octanol–water partition coefficient (Wildman–Crippen LogP) is 2.68. The molecule has 0 fully saturated rings. The van der Waals surface area contributed by atoms with Crippen molar-refractivity contribution in [1.29, 1.82) is 0 Å². The molecule has 1 aromatic carbocycles. The molecule has 3 rings (SSSR count). The molecule has 2 aromatic heterocycles. The van der Waals surface area contributed by atoms with E-state index in [-0.39, 0.29) is 29.1 Å². The molecular formula is C15H11F4N5O2. The summed E-state index contributed by atoms with van der Waals surface area (Å²) in [5.74, 6) is -2.45. The summed E-state index contributed by atoms with van der Waals surface area (Å²) in [6.45, 7) is -0.112. The Morgan fingerprint density at radius 3 is 2.69 bits per heavy atom. The van der Waals surface area contributed by atoms with Crippen molar-refractivity contribution in [2.75, 3.05) is 12.4 Å². The molecule has 0 saturated heterocycles. The number of esters is 1. The zero-order chi connectivity index (χ0) is 18.9. The Morgan fingerprint density at radius 2 is 2.00 bits per heavy atom. The SMILES string of the molecule is COC(=O)c1ccc(F)c(CNc2ccc3nnc(C(F)(F)F)n3n2)c1. The molecule has 0 aliphatic carbocycles. The Bertz CT molecular complexity index is 970. The first-order valence-corrected chi connectivity index (χ1v) is 7.20. The van der Waals surface area contributed by atoms with Crippen molar-refractivity contribution < 1.29 is 27.1 Å². The summed E-state index contributed by atoms with van der Waals surface area (Å²) < 4.78 is 57.6. The summed E-state index contributed by atoms with van der Waals surface area (Å²) in [5, 5.41) is 12.9. The van der Waals surface area contributed by atoms with Crippen molar-refractivity contribution in [2.24, 2.45) is 0 Å². The molecule has 0 saturated carbocycles. The second-order valence-electron chi connectivity index (χ2n) is 5.16. The summed E-state index contributed by atoms with van der Waals surface area (Å²) in [4.78, 5) is 11.5. The highest BCUT2D eigenvalue weighted by atomic mass is 19.4. The van der Waals surface area contributed by atoms with E-state index in [0.29, 0.717) is 4.52 Å². The first-order chi connectivity index (χ1) is 12.3. The van der Waals surface area contributed by atoms with Crippen LogP contribution in [0.4, 0.5) is 23.4 Å². The fourth-order valence-electron chi connectivity index (χ4n) is 2.20. The van der Waals surface area contributed by atoms with E-state index in [4.69, 9.17) is 0 Å². The third-order valence-electron chi connectivity index (χ3n) is 3.44. The van der Waals surface area contributed by atoms with Crippen LogP contribution in [0.1, 0.15) is 21.7 Å². The summed E-state index contributed by atoms with van der Waals surface area (Å²) >= 11 is 0. The van der Waals surface area contributed by atoms with Gasteiger partial charge in [0.2, 0.25) is 0 Å². The molecule has 0 aliphatic heterocycles. The number of anilines is 1. The Kier molecular flexibility index (Phi) is 4.45. The average molecular weight is 369 g/mol. The molecule has 0 unspecified atom stereocenters. The lowest BCUT2D eigenvalue weighted by molar-refractivity contribution is -0.146. The number of rotatable bonds is 4. The number of carbonyl (C=O) groups is 1. The first-order valence-electron chi connectivity index (χ1n) is 7.20. The van der Waals surface area contributed by atoms with Crippen molar-refractivity contribution in [3.63, 3.8) is 0 Å². The number of benzene rings is 1. The normalized spacial score (nSPS) is 11.6. The van der Waals surface area contributed by atoms with E-state index in [1.54, 1.807) is 0 Å². The Balaban J connectivity index is 1.85. The quantitative estimate of drug-likeness (QED) is 0.563. The smallest absolute Gasteiger partial charge is 0.453 e. The maximum absolute atomic E-state index is 13.9. The number of hydrogen-bond acceptors (Lipinski definition) is 6. The number of halogens is 4. The number of nitrogens with zero attached hydrogens (tertiary/aromatic N) is 4. The predicted molar refractivity (Wildman–Crippen MR) is 80.9 cm³/mol. The number of fused-ring (bicyclic) bond motifs is 1. The van der Waals surface area contributed by atoms with Gasteiger partial charge >= 0.3 is 12.1 Å². The Hall–Kier alpha value is -3.24. The summed E-state index contributed by atoms with van der Waals surface area (Å²) in [7, 11) is 1.19. The van der Waals surface area contributed by atoms with Gasteiger partial charge in [0.05, 0.1) is 12.7 Å². The van der Waals surface area contributed by atoms with Crippen molar-refractivity contribution in [1.82, 2.24) is 19.8 Å². The van der Waals surface area contributed by atoms with Gasteiger partial charge in [-0.25, -0.2) is 9.18 Å². The second kappa shape index (κ2) is 6.58. The van der Waals surface area contributed by atoms with E-state index >= 15 is 0 Å². The number of alkyl halides is 3. The fourth-order valence-corrected chi connectivity index (χ4v) is 2.20. The molecule has 26 heavy (non-hydrogen) atoms. The molecule has 0 radical (unpaired) electrons. The number of hydrogen-bond donors (Lipinski definition) is 1. The lowest BCUT2D eigenvalue weighted by Gasteiger charge is -2.09. The van der Waals surface area contributed by atoms with Crippen LogP contribution in [0.25, 0.3) is 5.65 Å². The van der Waals surface area contributed by atoms with Gasteiger partial charge in [-0.15, -0.1) is 15.3 Å². The molecule has 1 N–H and O–H groups in total. The zero-order valence-electron chi connectivity index (χ0n) is 13.2. The largest absolute Gasteiger partial charge is 0.465 e. The molecule has 136 valence electrons. The van der Waals surface area contributed by atoms with Crippen LogP contribution >= 0.6 is 0 Å². The van der Waals surface area contributed by atoms with Crippen LogP contribution in [0.3, 0.4) is 0 Å². The Morgan fingerprint density at radius 1 is 1.23 bits per heavy atom. The van der Waals surface area contributed by atoms with Crippen LogP contribution in [0.2, 0.25) is 0 Å². The number of ether oxygens (including phenoxy) is 1. The van der Waals surface area contributed by atoms with Gasteiger partial charge in [-0.2, -0.15) is 17.7 Å². The van der Waals surface area contributed by atoms with E-state index < -0.39 is 23.8 Å². The lowest BCUT2D eigenvalue weighted by Crippen LogP contribution is -2.14. The minimum absolute atomic E-state index is 0.0469. The van der Waals surface area contributed by atoms with Gasteiger partial charge in [-0.05, 0) is 30.3 Å². The third-order valence-corrected chi connectivity index (χ3v) is 3.44. The van der Waals surface area contributed by atoms with Gasteiger partial charge < -0.3 is 10.1 Å². The summed E-state index contributed by atoms with van der Waals surface area (Å²) in [6.07, 6.45) is -4.72. The maximum atomic E-state index is 13.9. The molecular weight excluding hydrogens is 358 g/mol. The van der Waals surface area contributed by atoms with Gasteiger partial charge in [-0.1, -0.05) is 0 Å². The van der Waals surface area contributed by atoms with Gasteiger partial charge in [-0.3, -0.25) is 0 Å². The van der Waals surface area contributed by atoms with Crippen LogP contribution < -0.4 is 5.32 Å². The van der Waals surface area contributed by atoms with Crippen molar-refractivity contribution in [3.8, 4) is 0 Å². The van der Waals surface area contributed by atoms with E-state index in [2.05, 4.69) is 25.3 Å². The van der Waals surface area contributed by atoms with Crippen molar-refractivity contribution in [3.05, 3.63) is 53.1 Å². The molecule has 7 nitrogen and oxygen atoms in total. The average Bonchev–Trinajstić information content (AvgIpc) is 3.03. The number of methoxy groups -OCH3 is 1. The minimum Gasteiger partial charge on any atom is -0.465 e. The van der Waals surface area contributed by atoms with Crippen LogP contribution in [0, 0.1) is 5.82 Å². The fraction of sp³-hybridized carbons (Fsp3) is 0.200. The lowest BCUT2D eigenvalue weighted by atomic mass is 10.1. The molecule has 0 spiro atoms. The molecule has 0 atom stereocenters. The van der Waals surface area contributed by atoms with E-state index in [9.17, 15) is 22.4 Å². The number of carbonyl (C=O) groups excluding carboxylic acids is 1. The molecule has 0 bridgehead atoms. The van der Waals surface area contributed by atoms with Crippen LogP contribution in [-0.2, 0) is 17.5 Å². The van der Waals surface area contributed by atoms with Crippen LogP contribution in [-0.4, -0.2) is 32.9 Å². The van der Waals surface area contributed by atoms with Gasteiger partial charge in [0.25, 0.3) is 5.82 Å². The zero-order valence-corrected chi connectivity index (χ0v) is 13.2. The third kappa shape index (κ3) is 3.41. The highest BCUT2D eigenvalue weighted by molar-refractivity contribution is 5.89. The first kappa shape index (κ1) is 17.6. The van der Waals surface area contributed by atoms with E-state index in [1.807, 2.05) is 0 Å². The monoisotopic (exact) mass is 369 g/mol. The summed E-state index contributed by atoms with van der Waals surface area (Å²) in [6, 6.07) is 6.32. The topological polar surface area (TPSA) is 81.4 Å². The maximum Gasteiger partial charge on any atom is 0.453 e. The van der Waals surface area contributed by atoms with Gasteiger partial charge in [0.1, 0.15) is 11.6 Å². The molecule has 3 aromatic rings. The minimum atomic E-state index is -4.72. The van der Waals surface area contributed by atoms with E-state index in [0.717, 1.165) is 6.07 Å². The number of nitrogens with one attached hydrogen (secondary N) is 1. The summed E-state index contributed by atoms with van der Waals surface area (Å²) in [5.41, 5.74) is 0.184. The van der Waals surface area contributed by atoms with Crippen molar-refractivity contribution >= 4 is 17.4 Å². The molecule has 11 heteroatoms. The Labute approximate surface area is 143 Å². The molecule has 0 aliphatic rings. The van der Waals surface area contributed by atoms with E-state index in [1.165, 1.54) is 31.4 Å². The van der Waals surface area contributed by atoms with Gasteiger partial charge in [0, 0.05) is 12.1 Å². The van der Waals surface area contributed by atoms with Crippen LogP contribution in [0.5, 0.6) is 0 Å². The number of aromatic nitrogens is 4. The standard InChI is InChI=1S/C15H11F4N5O2/c1-26-13(25)8-2-3-10(16)9(6-8)7-20-11-4-5-12-21-22-14(15(17,18)19)24(12)23-11/h2-6H,7H2,1H3,(H,20,23). The second-order valence-corrected chi connectivity index (χ2v) is 5.16.